The minimum atomic E-state index is -0.369. The monoisotopic (exact) mass is 354 g/mol. The third kappa shape index (κ3) is 4.99. The number of benzene rings is 2. The van der Waals surface area contributed by atoms with Crippen LogP contribution >= 0.6 is 0 Å². The van der Waals surface area contributed by atoms with E-state index in [9.17, 15) is 14.0 Å². The Morgan fingerprint density at radius 3 is 2.15 bits per heavy atom. The number of carbonyl (C=O) groups is 2. The Hall–Kier alpha value is -2.53. The summed E-state index contributed by atoms with van der Waals surface area (Å²) in [5.41, 5.74) is 1.73. The molecule has 0 aliphatic carbocycles. The molecule has 136 valence electrons. The lowest BCUT2D eigenvalue weighted by atomic mass is 10.1. The van der Waals surface area contributed by atoms with Crippen molar-refractivity contribution in [1.29, 1.82) is 0 Å². The molecule has 0 radical (unpaired) electrons. The van der Waals surface area contributed by atoms with Gasteiger partial charge in [-0.3, -0.25) is 14.5 Å². The van der Waals surface area contributed by atoms with Gasteiger partial charge in [0, 0.05) is 51.1 Å². The van der Waals surface area contributed by atoms with Crippen molar-refractivity contribution in [2.75, 3.05) is 26.2 Å². The third-order valence-electron chi connectivity index (χ3n) is 4.71. The topological polar surface area (TPSA) is 40.6 Å². The van der Waals surface area contributed by atoms with Gasteiger partial charge in [0.25, 0.3) is 0 Å². The molecule has 0 saturated carbocycles. The predicted octanol–water partition coefficient (Wildman–Crippen LogP) is 3.13. The van der Waals surface area contributed by atoms with Crippen LogP contribution in [0.5, 0.6) is 0 Å². The lowest BCUT2D eigenvalue weighted by Gasteiger charge is -2.34. The van der Waals surface area contributed by atoms with E-state index in [2.05, 4.69) is 17.0 Å². The molecule has 26 heavy (non-hydrogen) atoms. The van der Waals surface area contributed by atoms with Crippen molar-refractivity contribution in [3.05, 3.63) is 71.5 Å². The van der Waals surface area contributed by atoms with Crippen LogP contribution in [0, 0.1) is 5.82 Å². The Labute approximate surface area is 153 Å². The SMILES string of the molecule is O=C(CCC(=O)N1CCN(Cc2ccccc2)CC1)c1ccc(F)cc1. The van der Waals surface area contributed by atoms with E-state index in [4.69, 9.17) is 0 Å². The number of hydrogen-bond donors (Lipinski definition) is 0. The molecule has 1 amide bonds. The Balaban J connectivity index is 1.42. The zero-order chi connectivity index (χ0) is 18.4. The van der Waals surface area contributed by atoms with Crippen molar-refractivity contribution in [2.45, 2.75) is 19.4 Å². The number of ketones is 1. The second-order valence-electron chi connectivity index (χ2n) is 6.57. The Morgan fingerprint density at radius 1 is 0.846 bits per heavy atom. The molecular formula is C21H23FN2O2. The van der Waals surface area contributed by atoms with Gasteiger partial charge in [0.1, 0.15) is 5.82 Å². The molecule has 0 atom stereocenters. The van der Waals surface area contributed by atoms with Crippen LogP contribution in [0.15, 0.2) is 54.6 Å². The van der Waals surface area contributed by atoms with Crippen molar-refractivity contribution in [2.24, 2.45) is 0 Å². The highest BCUT2D eigenvalue weighted by atomic mass is 19.1. The summed E-state index contributed by atoms with van der Waals surface area (Å²) in [6.07, 6.45) is 0.365. The fraction of sp³-hybridized carbons (Fsp3) is 0.333. The number of rotatable bonds is 6. The molecule has 1 saturated heterocycles. The van der Waals surface area contributed by atoms with Crippen LogP contribution < -0.4 is 0 Å². The first-order valence-corrected chi connectivity index (χ1v) is 8.94. The summed E-state index contributed by atoms with van der Waals surface area (Å²) < 4.78 is 12.9. The van der Waals surface area contributed by atoms with Gasteiger partial charge in [-0.05, 0) is 29.8 Å². The van der Waals surface area contributed by atoms with E-state index in [1.54, 1.807) is 0 Å². The molecule has 2 aromatic rings. The largest absolute Gasteiger partial charge is 0.340 e. The Bertz CT molecular complexity index is 738. The second-order valence-corrected chi connectivity index (χ2v) is 6.57. The van der Waals surface area contributed by atoms with E-state index < -0.39 is 0 Å². The van der Waals surface area contributed by atoms with Crippen LogP contribution in [0.25, 0.3) is 0 Å². The molecule has 1 aliphatic rings. The van der Waals surface area contributed by atoms with E-state index in [1.807, 2.05) is 23.1 Å². The maximum absolute atomic E-state index is 12.9. The van der Waals surface area contributed by atoms with E-state index in [0.29, 0.717) is 18.7 Å². The Morgan fingerprint density at radius 2 is 1.50 bits per heavy atom. The number of nitrogens with zero attached hydrogens (tertiary/aromatic N) is 2. The van der Waals surface area contributed by atoms with E-state index in [1.165, 1.54) is 29.8 Å². The van der Waals surface area contributed by atoms with Crippen LogP contribution in [-0.4, -0.2) is 47.7 Å². The highest BCUT2D eigenvalue weighted by molar-refractivity contribution is 5.97. The highest BCUT2D eigenvalue weighted by Gasteiger charge is 2.21. The van der Waals surface area contributed by atoms with Crippen LogP contribution in [-0.2, 0) is 11.3 Å². The van der Waals surface area contributed by atoms with Gasteiger partial charge in [-0.25, -0.2) is 4.39 Å². The van der Waals surface area contributed by atoms with E-state index in [0.717, 1.165) is 19.6 Å². The maximum Gasteiger partial charge on any atom is 0.223 e. The van der Waals surface area contributed by atoms with Crippen molar-refractivity contribution >= 4 is 11.7 Å². The fourth-order valence-electron chi connectivity index (χ4n) is 3.16. The molecule has 0 aromatic heterocycles. The molecule has 1 heterocycles. The number of halogens is 1. The number of hydrogen-bond acceptors (Lipinski definition) is 3. The Kier molecular flexibility index (Phi) is 6.12. The van der Waals surface area contributed by atoms with Crippen LogP contribution in [0.3, 0.4) is 0 Å². The first-order chi connectivity index (χ1) is 12.6. The summed E-state index contributed by atoms with van der Waals surface area (Å²) in [5.74, 6) is -0.480. The van der Waals surface area contributed by atoms with E-state index in [-0.39, 0.29) is 30.3 Å². The van der Waals surface area contributed by atoms with Gasteiger partial charge in [-0.15, -0.1) is 0 Å². The summed E-state index contributed by atoms with van der Waals surface area (Å²) in [7, 11) is 0. The normalized spacial score (nSPS) is 15.0. The lowest BCUT2D eigenvalue weighted by Crippen LogP contribution is -2.48. The summed E-state index contributed by atoms with van der Waals surface area (Å²) in [4.78, 5) is 28.6. The molecular weight excluding hydrogens is 331 g/mol. The number of piperazine rings is 1. The molecule has 1 fully saturated rings. The molecule has 4 nitrogen and oxygen atoms in total. The number of amides is 1. The molecule has 2 aromatic carbocycles. The predicted molar refractivity (Wildman–Crippen MR) is 98.3 cm³/mol. The number of carbonyl (C=O) groups excluding carboxylic acids is 2. The van der Waals surface area contributed by atoms with Gasteiger partial charge < -0.3 is 4.90 Å². The van der Waals surface area contributed by atoms with Gasteiger partial charge in [-0.2, -0.15) is 0 Å². The van der Waals surface area contributed by atoms with Crippen molar-refractivity contribution < 1.29 is 14.0 Å². The minimum absolute atomic E-state index is 0.0137. The molecule has 3 rings (SSSR count). The molecule has 0 spiro atoms. The van der Waals surface area contributed by atoms with E-state index >= 15 is 0 Å². The van der Waals surface area contributed by atoms with Crippen molar-refractivity contribution in [3.63, 3.8) is 0 Å². The zero-order valence-corrected chi connectivity index (χ0v) is 14.7. The van der Waals surface area contributed by atoms with Crippen molar-refractivity contribution in [3.8, 4) is 0 Å². The number of Topliss-reactive ketones (excluding diaryl/α,β-unsaturated/α-hetero) is 1. The first kappa shape index (κ1) is 18.3. The fourth-order valence-corrected chi connectivity index (χ4v) is 3.16. The first-order valence-electron chi connectivity index (χ1n) is 8.94. The van der Waals surface area contributed by atoms with Gasteiger partial charge >= 0.3 is 0 Å². The minimum Gasteiger partial charge on any atom is -0.340 e. The third-order valence-corrected chi connectivity index (χ3v) is 4.71. The molecule has 0 unspecified atom stereocenters. The smallest absolute Gasteiger partial charge is 0.223 e. The molecule has 0 N–H and O–H groups in total. The van der Waals surface area contributed by atoms with Crippen LogP contribution in [0.4, 0.5) is 4.39 Å². The molecule has 1 aliphatic heterocycles. The zero-order valence-electron chi connectivity index (χ0n) is 14.7. The summed E-state index contributed by atoms with van der Waals surface area (Å²) in [5, 5.41) is 0. The van der Waals surface area contributed by atoms with Gasteiger partial charge in [0.2, 0.25) is 5.91 Å². The van der Waals surface area contributed by atoms with Gasteiger partial charge in [0.05, 0.1) is 0 Å². The summed E-state index contributed by atoms with van der Waals surface area (Å²) >= 11 is 0. The van der Waals surface area contributed by atoms with Gasteiger partial charge in [0.15, 0.2) is 5.78 Å². The van der Waals surface area contributed by atoms with Gasteiger partial charge in [-0.1, -0.05) is 30.3 Å². The van der Waals surface area contributed by atoms with Crippen LogP contribution in [0.1, 0.15) is 28.8 Å². The average molecular weight is 354 g/mol. The highest BCUT2D eigenvalue weighted by Crippen LogP contribution is 2.12. The average Bonchev–Trinajstić information content (AvgIpc) is 2.68. The summed E-state index contributed by atoms with van der Waals surface area (Å²) in [6.45, 7) is 3.96. The molecule has 5 heteroatoms. The molecule has 0 bridgehead atoms. The maximum atomic E-state index is 12.9. The van der Waals surface area contributed by atoms with Crippen molar-refractivity contribution in [1.82, 2.24) is 9.80 Å². The van der Waals surface area contributed by atoms with Crippen LogP contribution in [0.2, 0.25) is 0 Å². The quantitative estimate of drug-likeness (QED) is 0.749. The standard InChI is InChI=1S/C21H23FN2O2/c22-19-8-6-18(7-9-19)20(25)10-11-21(26)24-14-12-23(13-15-24)16-17-4-2-1-3-5-17/h1-9H,10-16H2. The second kappa shape index (κ2) is 8.72. The lowest BCUT2D eigenvalue weighted by molar-refractivity contribution is -0.132. The summed E-state index contributed by atoms with van der Waals surface area (Å²) in [6, 6.07) is 15.8.